The Morgan fingerprint density at radius 1 is 1.27 bits per heavy atom. The highest BCUT2D eigenvalue weighted by Crippen LogP contribution is 2.20. The summed E-state index contributed by atoms with van der Waals surface area (Å²) in [4.78, 5) is 15.7. The highest BCUT2D eigenvalue weighted by atomic mass is 35.5. The summed E-state index contributed by atoms with van der Waals surface area (Å²) in [5, 5.41) is 0.506. The molecule has 0 radical (unpaired) electrons. The van der Waals surface area contributed by atoms with E-state index >= 15 is 0 Å². The van der Waals surface area contributed by atoms with E-state index in [0.29, 0.717) is 5.56 Å². The number of nitrogens with zero attached hydrogens (tertiary/aromatic N) is 1. The highest BCUT2D eigenvalue weighted by Gasteiger charge is 2.20. The average molecular weight is 347 g/mol. The molecule has 1 heterocycles. The molecule has 122 valence electrons. The van der Waals surface area contributed by atoms with Crippen molar-refractivity contribution >= 4 is 29.2 Å². The van der Waals surface area contributed by atoms with Crippen LogP contribution in [0, 0.1) is 0 Å². The van der Waals surface area contributed by atoms with Crippen molar-refractivity contribution in [2.24, 2.45) is 5.73 Å². The van der Waals surface area contributed by atoms with Gasteiger partial charge in [-0.3, -0.25) is 4.79 Å². The highest BCUT2D eigenvalue weighted by molar-refractivity contribution is 6.32. The molecule has 1 fully saturated rings. The van der Waals surface area contributed by atoms with Crippen LogP contribution >= 0.6 is 23.2 Å². The van der Waals surface area contributed by atoms with E-state index in [4.69, 9.17) is 38.4 Å². The summed E-state index contributed by atoms with van der Waals surface area (Å²) in [6.45, 7) is 0.235. The molecule has 1 aliphatic carbocycles. The summed E-state index contributed by atoms with van der Waals surface area (Å²) in [7, 11) is 0. The molecular weight excluding hydrogens is 327 g/mol. The van der Waals surface area contributed by atoms with Crippen molar-refractivity contribution in [1.29, 1.82) is 0 Å². The fraction of sp³-hybridized carbons (Fsp3) is 0.600. The monoisotopic (exact) mass is 346 g/mol. The first kappa shape index (κ1) is 17.5. The Bertz CT molecular complexity index is 487. The topological polar surface area (TPSA) is 74.4 Å². The van der Waals surface area contributed by atoms with Crippen LogP contribution in [0.2, 0.25) is 10.3 Å². The summed E-state index contributed by atoms with van der Waals surface area (Å²) < 4.78 is 10.8. The zero-order valence-corrected chi connectivity index (χ0v) is 13.8. The lowest BCUT2D eigenvalue weighted by Crippen LogP contribution is -2.38. The Kier molecular flexibility index (Phi) is 6.89. The number of rotatable bonds is 6. The van der Waals surface area contributed by atoms with Gasteiger partial charge in [0.15, 0.2) is 0 Å². The van der Waals surface area contributed by atoms with Gasteiger partial charge < -0.3 is 15.2 Å². The number of aromatic nitrogens is 1. The van der Waals surface area contributed by atoms with Crippen molar-refractivity contribution in [2.45, 2.75) is 50.9 Å². The van der Waals surface area contributed by atoms with E-state index in [1.807, 2.05) is 0 Å². The second kappa shape index (κ2) is 8.67. The number of esters is 1. The summed E-state index contributed by atoms with van der Waals surface area (Å²) in [5.74, 6) is -0.500. The lowest BCUT2D eigenvalue weighted by molar-refractivity contribution is -0.148. The Morgan fingerprint density at radius 2 is 1.91 bits per heavy atom. The molecule has 7 heteroatoms. The van der Waals surface area contributed by atoms with Gasteiger partial charge in [-0.25, -0.2) is 4.98 Å². The molecule has 0 amide bonds. The molecule has 1 saturated carbocycles. The van der Waals surface area contributed by atoms with Gasteiger partial charge in [0.1, 0.15) is 23.0 Å². The maximum Gasteiger partial charge on any atom is 0.325 e. The third kappa shape index (κ3) is 5.72. The Hall–Kier alpha value is -0.880. The second-order valence-electron chi connectivity index (χ2n) is 5.43. The first-order chi connectivity index (χ1) is 10.5. The van der Waals surface area contributed by atoms with Crippen molar-refractivity contribution < 1.29 is 14.3 Å². The molecule has 0 aliphatic heterocycles. The van der Waals surface area contributed by atoms with Gasteiger partial charge in [-0.2, -0.15) is 0 Å². The molecule has 2 rings (SSSR count). The first-order valence-corrected chi connectivity index (χ1v) is 8.16. The van der Waals surface area contributed by atoms with E-state index in [-0.39, 0.29) is 29.6 Å². The van der Waals surface area contributed by atoms with Crippen LogP contribution in [0.5, 0.6) is 0 Å². The van der Waals surface area contributed by atoms with E-state index in [2.05, 4.69) is 4.98 Å². The number of carbonyl (C=O) groups excluding carboxylic acids is 1. The fourth-order valence-electron chi connectivity index (χ4n) is 2.40. The van der Waals surface area contributed by atoms with Crippen molar-refractivity contribution in [1.82, 2.24) is 4.98 Å². The first-order valence-electron chi connectivity index (χ1n) is 7.40. The van der Waals surface area contributed by atoms with E-state index in [1.165, 1.54) is 19.3 Å². The smallest absolute Gasteiger partial charge is 0.325 e. The van der Waals surface area contributed by atoms with Crippen molar-refractivity contribution in [3.8, 4) is 0 Å². The molecule has 0 aromatic carbocycles. The molecule has 2 N–H and O–H groups in total. The number of pyridine rings is 1. The molecule has 1 aliphatic rings. The minimum atomic E-state index is -0.783. The van der Waals surface area contributed by atoms with E-state index in [9.17, 15) is 4.79 Å². The third-order valence-electron chi connectivity index (χ3n) is 3.57. The molecule has 22 heavy (non-hydrogen) atoms. The average Bonchev–Trinajstić information content (AvgIpc) is 2.50. The number of halogens is 2. The van der Waals surface area contributed by atoms with Crippen LogP contribution in [0.1, 0.15) is 37.7 Å². The molecule has 1 atom stereocenters. The van der Waals surface area contributed by atoms with E-state index in [1.54, 1.807) is 12.1 Å². The quantitative estimate of drug-likeness (QED) is 0.632. The number of hydrogen-bond acceptors (Lipinski definition) is 5. The number of carbonyl (C=O) groups is 1. The van der Waals surface area contributed by atoms with E-state index < -0.39 is 12.0 Å². The van der Waals surface area contributed by atoms with Gasteiger partial charge in [0, 0.05) is 0 Å². The van der Waals surface area contributed by atoms with Crippen molar-refractivity contribution in [3.05, 3.63) is 28.0 Å². The van der Waals surface area contributed by atoms with Crippen molar-refractivity contribution in [2.75, 3.05) is 6.61 Å². The summed E-state index contributed by atoms with van der Waals surface area (Å²) in [5.41, 5.74) is 6.46. The zero-order chi connectivity index (χ0) is 15.9. The third-order valence-corrected chi connectivity index (χ3v) is 3.96. The Labute approximate surface area is 140 Å². The minimum Gasteiger partial charge on any atom is -0.460 e. The van der Waals surface area contributed by atoms with Crippen LogP contribution in [0.25, 0.3) is 0 Å². The Balaban J connectivity index is 1.73. The van der Waals surface area contributed by atoms with Gasteiger partial charge in [-0.05, 0) is 30.5 Å². The van der Waals surface area contributed by atoms with Crippen LogP contribution < -0.4 is 5.73 Å². The van der Waals surface area contributed by atoms with Crippen LogP contribution in [-0.4, -0.2) is 29.7 Å². The van der Waals surface area contributed by atoms with Gasteiger partial charge in [-0.1, -0.05) is 42.5 Å². The summed E-state index contributed by atoms with van der Waals surface area (Å²) in [6, 6.07) is 2.39. The predicted molar refractivity (Wildman–Crippen MR) is 84.9 cm³/mol. The maximum absolute atomic E-state index is 11.9. The summed E-state index contributed by atoms with van der Waals surface area (Å²) >= 11 is 11.6. The van der Waals surface area contributed by atoms with Gasteiger partial charge in [-0.15, -0.1) is 0 Å². The van der Waals surface area contributed by atoms with Gasteiger partial charge in [0.25, 0.3) is 0 Å². The molecule has 1 aromatic heterocycles. The molecule has 1 aromatic rings. The largest absolute Gasteiger partial charge is 0.460 e. The molecule has 0 saturated heterocycles. The van der Waals surface area contributed by atoms with Crippen molar-refractivity contribution in [3.63, 3.8) is 0 Å². The molecular formula is C15H20Cl2N2O3. The SMILES string of the molecule is N[C@@H](COC1CCCCC1)C(=O)OCc1cc(Cl)nc(Cl)c1. The van der Waals surface area contributed by atoms with E-state index in [0.717, 1.165) is 12.8 Å². The second-order valence-corrected chi connectivity index (χ2v) is 6.20. The van der Waals surface area contributed by atoms with Crippen LogP contribution in [-0.2, 0) is 20.9 Å². The van der Waals surface area contributed by atoms with Crippen LogP contribution in [0.15, 0.2) is 12.1 Å². The zero-order valence-electron chi connectivity index (χ0n) is 12.3. The van der Waals surface area contributed by atoms with Crippen LogP contribution in [0.4, 0.5) is 0 Å². The van der Waals surface area contributed by atoms with Gasteiger partial charge >= 0.3 is 5.97 Å². The molecule has 0 bridgehead atoms. The lowest BCUT2D eigenvalue weighted by Gasteiger charge is -2.23. The predicted octanol–water partition coefficient (Wildman–Crippen LogP) is 3.11. The maximum atomic E-state index is 11.9. The normalized spacial score (nSPS) is 17.2. The molecule has 0 spiro atoms. The Morgan fingerprint density at radius 3 is 2.55 bits per heavy atom. The number of hydrogen-bond donors (Lipinski definition) is 1. The van der Waals surface area contributed by atoms with Gasteiger partial charge in [0.05, 0.1) is 12.7 Å². The minimum absolute atomic E-state index is 0.0535. The summed E-state index contributed by atoms with van der Waals surface area (Å²) in [6.07, 6.45) is 5.89. The standard InChI is InChI=1S/C15H20Cl2N2O3/c16-13-6-10(7-14(17)19-13)8-22-15(20)12(18)9-21-11-4-2-1-3-5-11/h6-7,11-12H,1-5,8-9,18H2/t12-/m0/s1. The number of nitrogens with two attached hydrogens (primary N) is 1. The molecule has 5 nitrogen and oxygen atoms in total. The fourth-order valence-corrected chi connectivity index (χ4v) is 2.90. The van der Waals surface area contributed by atoms with Gasteiger partial charge in [0.2, 0.25) is 0 Å². The molecule has 0 unspecified atom stereocenters. The number of ether oxygens (including phenoxy) is 2. The lowest BCUT2D eigenvalue weighted by atomic mass is 9.98. The van der Waals surface area contributed by atoms with Crippen LogP contribution in [0.3, 0.4) is 0 Å².